The predicted molar refractivity (Wildman–Crippen MR) is 246 cm³/mol. The summed E-state index contributed by atoms with van der Waals surface area (Å²) in [7, 11) is 0. The number of hydrogen-bond donors (Lipinski definition) is 0. The Balaban J connectivity index is 0.00000325. The summed E-state index contributed by atoms with van der Waals surface area (Å²) in [5.41, 5.74) is 21.2. The molecule has 2 atom stereocenters. The summed E-state index contributed by atoms with van der Waals surface area (Å²) in [6.45, 7) is 34.2. The summed E-state index contributed by atoms with van der Waals surface area (Å²) >= 11 is -4.06. The molecule has 0 spiro atoms. The van der Waals surface area contributed by atoms with Gasteiger partial charge >= 0.3 is 322 Å². The Hall–Kier alpha value is -1.96. The van der Waals surface area contributed by atoms with Crippen LogP contribution in [0.1, 0.15) is 149 Å². The predicted octanol–water partition coefficient (Wildman–Crippen LogP) is 15.7. The first-order valence-electron chi connectivity index (χ1n) is 20.2. The Morgan fingerprint density at radius 2 is 0.907 bits per heavy atom. The van der Waals surface area contributed by atoms with Crippen molar-refractivity contribution in [2.75, 3.05) is 0 Å². The zero-order chi connectivity index (χ0) is 38.2. The van der Waals surface area contributed by atoms with Crippen LogP contribution in [0.3, 0.4) is 0 Å². The van der Waals surface area contributed by atoms with Crippen molar-refractivity contribution in [1.29, 1.82) is 0 Å². The number of halogens is 2. The maximum absolute atomic E-state index is 4.06. The molecule has 0 aliphatic heterocycles. The van der Waals surface area contributed by atoms with E-state index in [1.54, 1.807) is 22.3 Å². The van der Waals surface area contributed by atoms with Crippen LogP contribution in [-0.2, 0) is 17.4 Å². The summed E-state index contributed by atoms with van der Waals surface area (Å²) in [4.78, 5) is 0. The summed E-state index contributed by atoms with van der Waals surface area (Å²) in [5.74, 6) is 1.06. The molecule has 0 nitrogen and oxygen atoms in total. The molecule has 290 valence electrons. The summed E-state index contributed by atoms with van der Waals surface area (Å²) in [6, 6.07) is 33.6. The smallest absolute Gasteiger partial charge is 0.147 e. The van der Waals surface area contributed by atoms with Gasteiger partial charge in [0.15, 0.2) is 0 Å². The molecule has 2 aliphatic carbocycles. The standard InChI is InChI=1S/2C23H27.C3H7.CH3.2ClH.H2Si.Zr/c2*1-15(2)17-10-12-18(13-11-17)20-9-7-8-19-14-21(23(4,5)6)16(3)22(19)20;1-3-2;;;;;/h2*7-15H,1-6H3;1,3H2,2H3;1H3;2*1H;1H2;. The Bertz CT molecular complexity index is 2000. The van der Waals surface area contributed by atoms with E-state index in [1.165, 1.54) is 66.2 Å². The average molecular weight is 859 g/mol. The SMILES string of the molecule is CC[CH2][Zr]([CH3])(=[SiH2])([CH]1C(C(C)(C)C)=C(C)c2c(-c3ccc(C(C)C)cc3)cccc21)[CH]1C(C(C)(C)C)=C(C)c2c(-c3ccc(C(C)C)cc3)cccc21.Cl.Cl. The van der Waals surface area contributed by atoms with E-state index >= 15 is 0 Å². The van der Waals surface area contributed by atoms with E-state index < -0.39 is 17.4 Å². The van der Waals surface area contributed by atoms with Crippen molar-refractivity contribution in [1.82, 2.24) is 0 Å². The van der Waals surface area contributed by atoms with Crippen LogP contribution in [0.25, 0.3) is 33.4 Å². The normalized spacial score (nSPS) is 17.5. The van der Waals surface area contributed by atoms with Crippen LogP contribution < -0.4 is 0 Å². The molecule has 0 amide bonds. The molecule has 0 saturated heterocycles. The molecule has 2 unspecified atom stereocenters. The Labute approximate surface area is 344 Å². The van der Waals surface area contributed by atoms with Crippen molar-refractivity contribution in [3.8, 4) is 22.3 Å². The van der Waals surface area contributed by atoms with E-state index in [2.05, 4.69) is 186 Å². The molecule has 0 heterocycles. The van der Waals surface area contributed by atoms with Crippen molar-refractivity contribution < 1.29 is 17.4 Å². The molecule has 6 rings (SSSR count). The van der Waals surface area contributed by atoms with Crippen molar-refractivity contribution >= 4 is 42.8 Å². The molecule has 4 heteroatoms. The Morgan fingerprint density at radius 3 is 1.19 bits per heavy atom. The van der Waals surface area contributed by atoms with Gasteiger partial charge in [-0.1, -0.05) is 0 Å². The average Bonchev–Trinajstić information content (AvgIpc) is 3.58. The molecule has 0 N–H and O–H groups in total. The van der Waals surface area contributed by atoms with E-state index in [0.717, 1.165) is 0 Å². The fraction of sp³-hybridized carbons (Fsp3) is 0.440. The number of allylic oxidation sites excluding steroid dienone is 4. The van der Waals surface area contributed by atoms with E-state index in [9.17, 15) is 0 Å². The van der Waals surface area contributed by atoms with Gasteiger partial charge in [-0.15, -0.1) is 24.8 Å². The van der Waals surface area contributed by atoms with Gasteiger partial charge < -0.3 is 0 Å². The molecule has 54 heavy (non-hydrogen) atoms. The fourth-order valence-corrected chi connectivity index (χ4v) is 37.1. The van der Waals surface area contributed by atoms with Crippen LogP contribution >= 0.6 is 24.8 Å². The third kappa shape index (κ3) is 7.46. The van der Waals surface area contributed by atoms with E-state index in [-0.39, 0.29) is 35.6 Å². The molecule has 4 aromatic rings. The van der Waals surface area contributed by atoms with Crippen LogP contribution in [0, 0.1) is 10.8 Å². The molecular weight excluding hydrogens is 791 g/mol. The van der Waals surface area contributed by atoms with E-state index in [4.69, 9.17) is 0 Å². The molecule has 2 aliphatic rings. The second kappa shape index (κ2) is 15.8. The maximum Gasteiger partial charge on any atom is -0.147 e. The minimum absolute atomic E-state index is 0. The van der Waals surface area contributed by atoms with E-state index in [1.807, 2.05) is 0 Å². The molecule has 0 bridgehead atoms. The van der Waals surface area contributed by atoms with Gasteiger partial charge in [-0.2, -0.15) is 0 Å². The molecular formula is C50H68Cl2SiZr. The van der Waals surface area contributed by atoms with Crippen molar-refractivity contribution in [3.05, 3.63) is 129 Å². The number of benzene rings is 4. The van der Waals surface area contributed by atoms with Gasteiger partial charge in [-0.05, 0) is 0 Å². The molecule has 0 radical (unpaired) electrons. The zero-order valence-electron chi connectivity index (χ0n) is 35.8. The first kappa shape index (κ1) is 44.8. The van der Waals surface area contributed by atoms with Crippen LogP contribution in [0.2, 0.25) is 8.76 Å². The number of rotatable bonds is 8. The van der Waals surface area contributed by atoms with Gasteiger partial charge in [-0.3, -0.25) is 0 Å². The van der Waals surface area contributed by atoms with Crippen molar-refractivity contribution in [3.63, 3.8) is 0 Å². The summed E-state index contributed by atoms with van der Waals surface area (Å²) in [6.07, 6.45) is 1.22. The van der Waals surface area contributed by atoms with Gasteiger partial charge in [0.2, 0.25) is 0 Å². The van der Waals surface area contributed by atoms with Crippen molar-refractivity contribution in [2.24, 2.45) is 10.8 Å². The van der Waals surface area contributed by atoms with Crippen LogP contribution in [0.5, 0.6) is 0 Å². The number of hydrogen-bond acceptors (Lipinski definition) is 0. The largest absolute Gasteiger partial charge is 0.147 e. The van der Waals surface area contributed by atoms with E-state index in [0.29, 0.717) is 19.1 Å². The van der Waals surface area contributed by atoms with Crippen LogP contribution in [0.15, 0.2) is 96.1 Å². The maximum atomic E-state index is 2.91. The van der Waals surface area contributed by atoms with Crippen LogP contribution in [-0.4, -0.2) is 6.88 Å². The molecule has 0 fully saturated rings. The van der Waals surface area contributed by atoms with Gasteiger partial charge in [0.1, 0.15) is 0 Å². The second-order valence-corrected chi connectivity index (χ2v) is 48.2. The van der Waals surface area contributed by atoms with Crippen molar-refractivity contribution in [2.45, 2.75) is 124 Å². The minimum atomic E-state index is -4.06. The first-order chi connectivity index (χ1) is 24.2. The first-order valence-corrected chi connectivity index (χ1v) is 33.1. The quantitative estimate of drug-likeness (QED) is 0.155. The molecule has 0 aromatic heterocycles. The van der Waals surface area contributed by atoms with Gasteiger partial charge in [0.25, 0.3) is 0 Å². The Morgan fingerprint density at radius 1 is 0.574 bits per heavy atom. The number of fused-ring (bicyclic) bond motifs is 2. The fourth-order valence-electron chi connectivity index (χ4n) is 11.0. The summed E-state index contributed by atoms with van der Waals surface area (Å²) in [5, 5.41) is 0. The second-order valence-electron chi connectivity index (χ2n) is 19.8. The summed E-state index contributed by atoms with van der Waals surface area (Å²) < 4.78 is 5.20. The Kier molecular flexibility index (Phi) is 13.1. The topological polar surface area (TPSA) is 0 Å². The van der Waals surface area contributed by atoms with Gasteiger partial charge in [0, 0.05) is 0 Å². The van der Waals surface area contributed by atoms with Crippen LogP contribution in [0.4, 0.5) is 0 Å². The molecule has 0 saturated carbocycles. The zero-order valence-corrected chi connectivity index (χ0v) is 41.3. The van der Waals surface area contributed by atoms with Gasteiger partial charge in [-0.25, -0.2) is 0 Å². The molecule has 4 aromatic carbocycles. The third-order valence-electron chi connectivity index (χ3n) is 13.0. The van der Waals surface area contributed by atoms with Gasteiger partial charge in [0.05, 0.1) is 0 Å². The third-order valence-corrected chi connectivity index (χ3v) is 36.1. The minimum Gasteiger partial charge on any atom is -0.147 e. The monoisotopic (exact) mass is 856 g/mol.